The minimum atomic E-state index is -0.861. The fraction of sp³-hybridized carbons (Fsp3) is 0.529. The van der Waals surface area contributed by atoms with Crippen LogP contribution < -0.4 is 10.1 Å². The lowest BCUT2D eigenvalue weighted by Gasteiger charge is -2.18. The van der Waals surface area contributed by atoms with Crippen LogP contribution in [0.2, 0.25) is 0 Å². The number of nitrogens with one attached hydrogen (secondary N) is 1. The normalized spacial score (nSPS) is 11.1. The molecule has 0 aliphatic rings. The predicted octanol–water partition coefficient (Wildman–Crippen LogP) is 2.69. The minimum absolute atomic E-state index is 0.133. The maximum Gasteiger partial charge on any atom is 0.309 e. The van der Waals surface area contributed by atoms with Crippen LogP contribution in [0.4, 0.5) is 0 Å². The second-order valence-electron chi connectivity index (χ2n) is 6.16. The van der Waals surface area contributed by atoms with Gasteiger partial charge < -0.3 is 15.2 Å². The van der Waals surface area contributed by atoms with Crippen LogP contribution in [0.3, 0.4) is 0 Å². The van der Waals surface area contributed by atoms with Gasteiger partial charge in [0.1, 0.15) is 5.75 Å². The number of carboxylic acid groups (broad SMARTS) is 1. The van der Waals surface area contributed by atoms with E-state index in [0.29, 0.717) is 19.6 Å². The summed E-state index contributed by atoms with van der Waals surface area (Å²) < 4.78 is 5.62. The Balaban J connectivity index is 2.29. The number of benzene rings is 1. The Kier molecular flexibility index (Phi) is 6.40. The number of rotatable bonds is 8. The van der Waals surface area contributed by atoms with Crippen molar-refractivity contribution in [1.29, 1.82) is 0 Å². The Bertz CT molecular complexity index is 537. The first-order chi connectivity index (χ1) is 10.2. The zero-order valence-corrected chi connectivity index (χ0v) is 13.7. The summed E-state index contributed by atoms with van der Waals surface area (Å²) in [5.41, 5.74) is 1.32. The summed E-state index contributed by atoms with van der Waals surface area (Å²) in [4.78, 5) is 22.7. The Morgan fingerprint density at radius 1 is 1.27 bits per heavy atom. The monoisotopic (exact) mass is 307 g/mol. The van der Waals surface area contributed by atoms with Crippen molar-refractivity contribution >= 4 is 11.9 Å². The molecule has 0 spiro atoms. The second kappa shape index (κ2) is 7.82. The summed E-state index contributed by atoms with van der Waals surface area (Å²) in [5.74, 6) is -0.202. The molecule has 0 saturated heterocycles. The van der Waals surface area contributed by atoms with Crippen molar-refractivity contribution in [3.05, 3.63) is 29.3 Å². The third kappa shape index (κ3) is 5.76. The van der Waals surface area contributed by atoms with E-state index in [1.54, 1.807) is 13.8 Å². The Morgan fingerprint density at radius 2 is 1.95 bits per heavy atom. The van der Waals surface area contributed by atoms with E-state index in [1.807, 2.05) is 32.0 Å². The molecule has 1 rings (SSSR count). The van der Waals surface area contributed by atoms with Crippen LogP contribution in [0.5, 0.6) is 5.75 Å². The molecule has 0 aliphatic carbocycles. The number of aliphatic carboxylic acids is 1. The molecule has 0 atom stereocenters. The van der Waals surface area contributed by atoms with Crippen molar-refractivity contribution in [3.63, 3.8) is 0 Å². The summed E-state index contributed by atoms with van der Waals surface area (Å²) in [6.07, 6.45) is 0.646. The highest BCUT2D eigenvalue weighted by Gasteiger charge is 2.26. The minimum Gasteiger partial charge on any atom is -0.493 e. The van der Waals surface area contributed by atoms with E-state index in [1.165, 1.54) is 0 Å². The molecule has 0 saturated carbocycles. The average Bonchev–Trinajstić information content (AvgIpc) is 2.42. The third-order valence-electron chi connectivity index (χ3n) is 3.58. The molecule has 22 heavy (non-hydrogen) atoms. The largest absolute Gasteiger partial charge is 0.493 e. The van der Waals surface area contributed by atoms with Crippen molar-refractivity contribution in [1.82, 2.24) is 5.32 Å². The highest BCUT2D eigenvalue weighted by atomic mass is 16.5. The summed E-state index contributed by atoms with van der Waals surface area (Å²) in [6.45, 7) is 7.89. The average molecular weight is 307 g/mol. The Labute approximate surface area is 131 Å². The topological polar surface area (TPSA) is 75.6 Å². The number of aryl methyl sites for hydroxylation is 2. The van der Waals surface area contributed by atoms with Gasteiger partial charge in [-0.3, -0.25) is 9.59 Å². The predicted molar refractivity (Wildman–Crippen MR) is 85.1 cm³/mol. The zero-order chi connectivity index (χ0) is 16.8. The van der Waals surface area contributed by atoms with Crippen molar-refractivity contribution < 1.29 is 19.4 Å². The smallest absolute Gasteiger partial charge is 0.309 e. The Hall–Kier alpha value is -2.04. The van der Waals surface area contributed by atoms with Gasteiger partial charge in [-0.1, -0.05) is 12.1 Å². The summed E-state index contributed by atoms with van der Waals surface area (Å²) in [7, 11) is 0. The van der Waals surface area contributed by atoms with E-state index < -0.39 is 11.4 Å². The molecule has 5 heteroatoms. The summed E-state index contributed by atoms with van der Waals surface area (Å²) >= 11 is 0. The standard InChI is InChI=1S/C17H25NO4/c1-12-5-6-13(2)14(11-12)22-10-7-15(19)18-9-8-17(3,4)16(20)21/h5-6,11H,7-10H2,1-4H3,(H,18,19)(H,20,21). The van der Waals surface area contributed by atoms with Crippen LogP contribution in [0.1, 0.15) is 37.8 Å². The van der Waals surface area contributed by atoms with Gasteiger partial charge in [-0.2, -0.15) is 0 Å². The molecule has 0 aromatic heterocycles. The molecule has 1 aromatic carbocycles. The molecular formula is C17H25NO4. The van der Waals surface area contributed by atoms with E-state index in [0.717, 1.165) is 16.9 Å². The molecule has 122 valence electrons. The van der Waals surface area contributed by atoms with Crippen LogP contribution in [0.25, 0.3) is 0 Å². The van der Waals surface area contributed by atoms with Crippen molar-refractivity contribution in [2.75, 3.05) is 13.2 Å². The molecule has 2 N–H and O–H groups in total. The molecular weight excluding hydrogens is 282 g/mol. The van der Waals surface area contributed by atoms with Crippen LogP contribution >= 0.6 is 0 Å². The van der Waals surface area contributed by atoms with Crippen molar-refractivity contribution in [2.24, 2.45) is 5.41 Å². The molecule has 0 aliphatic heterocycles. The SMILES string of the molecule is Cc1ccc(C)c(OCCC(=O)NCCC(C)(C)C(=O)O)c1. The lowest BCUT2D eigenvalue weighted by atomic mass is 9.90. The van der Waals surface area contributed by atoms with Gasteiger partial charge in [-0.15, -0.1) is 0 Å². The third-order valence-corrected chi connectivity index (χ3v) is 3.58. The van der Waals surface area contributed by atoms with Gasteiger partial charge in [0.05, 0.1) is 18.4 Å². The van der Waals surface area contributed by atoms with Gasteiger partial charge in [0.25, 0.3) is 0 Å². The number of carboxylic acids is 1. The molecule has 0 heterocycles. The highest BCUT2D eigenvalue weighted by molar-refractivity contribution is 5.76. The van der Waals surface area contributed by atoms with Gasteiger partial charge in [-0.05, 0) is 51.3 Å². The first-order valence-corrected chi connectivity index (χ1v) is 7.42. The van der Waals surface area contributed by atoms with Crippen LogP contribution in [-0.2, 0) is 9.59 Å². The van der Waals surface area contributed by atoms with Gasteiger partial charge >= 0.3 is 5.97 Å². The lowest BCUT2D eigenvalue weighted by Crippen LogP contribution is -2.32. The number of hydrogen-bond acceptors (Lipinski definition) is 3. The number of carbonyl (C=O) groups is 2. The van der Waals surface area contributed by atoms with Gasteiger partial charge in [-0.25, -0.2) is 0 Å². The second-order valence-corrected chi connectivity index (χ2v) is 6.16. The van der Waals surface area contributed by atoms with Crippen LogP contribution in [0, 0.1) is 19.3 Å². The number of ether oxygens (including phenoxy) is 1. The molecule has 0 fully saturated rings. The fourth-order valence-electron chi connectivity index (χ4n) is 1.83. The van der Waals surface area contributed by atoms with Gasteiger partial charge in [0.15, 0.2) is 0 Å². The first kappa shape index (κ1) is 18.0. The molecule has 0 radical (unpaired) electrons. The van der Waals surface area contributed by atoms with E-state index in [4.69, 9.17) is 9.84 Å². The van der Waals surface area contributed by atoms with Crippen LogP contribution in [0.15, 0.2) is 18.2 Å². The van der Waals surface area contributed by atoms with Crippen molar-refractivity contribution in [3.8, 4) is 5.75 Å². The maximum atomic E-state index is 11.7. The van der Waals surface area contributed by atoms with Crippen molar-refractivity contribution in [2.45, 2.75) is 40.5 Å². The molecule has 1 amide bonds. The molecule has 1 aromatic rings. The quantitative estimate of drug-likeness (QED) is 0.774. The maximum absolute atomic E-state index is 11.7. The first-order valence-electron chi connectivity index (χ1n) is 7.42. The van der Waals surface area contributed by atoms with E-state index in [2.05, 4.69) is 5.32 Å². The number of hydrogen-bond donors (Lipinski definition) is 2. The zero-order valence-electron chi connectivity index (χ0n) is 13.7. The summed E-state index contributed by atoms with van der Waals surface area (Å²) in [6, 6.07) is 5.94. The lowest BCUT2D eigenvalue weighted by molar-refractivity contribution is -0.147. The van der Waals surface area contributed by atoms with Gasteiger partial charge in [0.2, 0.25) is 5.91 Å². The molecule has 0 unspecified atom stereocenters. The van der Waals surface area contributed by atoms with E-state index in [-0.39, 0.29) is 12.3 Å². The van der Waals surface area contributed by atoms with E-state index in [9.17, 15) is 9.59 Å². The Morgan fingerprint density at radius 3 is 2.59 bits per heavy atom. The fourth-order valence-corrected chi connectivity index (χ4v) is 1.83. The number of amides is 1. The molecule has 5 nitrogen and oxygen atoms in total. The van der Waals surface area contributed by atoms with E-state index >= 15 is 0 Å². The van der Waals surface area contributed by atoms with Gasteiger partial charge in [0, 0.05) is 6.54 Å². The molecule has 0 bridgehead atoms. The number of carbonyl (C=O) groups excluding carboxylic acids is 1. The van der Waals surface area contributed by atoms with Crippen LogP contribution in [-0.4, -0.2) is 30.1 Å². The highest BCUT2D eigenvalue weighted by Crippen LogP contribution is 2.20. The summed E-state index contributed by atoms with van der Waals surface area (Å²) in [5, 5.41) is 11.7.